The minimum absolute atomic E-state index is 0.164. The Kier molecular flexibility index (Phi) is 5.71. The van der Waals surface area contributed by atoms with E-state index in [1.807, 2.05) is 0 Å². The molecule has 0 radical (unpaired) electrons. The molecule has 0 aromatic heterocycles. The summed E-state index contributed by atoms with van der Waals surface area (Å²) in [5, 5.41) is 5.54. The van der Waals surface area contributed by atoms with Gasteiger partial charge in [-0.2, -0.15) is 0 Å². The summed E-state index contributed by atoms with van der Waals surface area (Å²) in [6, 6.07) is 7.94. The molecule has 2 aromatic rings. The molecule has 0 aliphatic carbocycles. The summed E-state index contributed by atoms with van der Waals surface area (Å²) in [4.78, 5) is 14.6. The molecule has 156 valence electrons. The van der Waals surface area contributed by atoms with Crippen molar-refractivity contribution in [1.29, 1.82) is 0 Å². The van der Waals surface area contributed by atoms with Crippen LogP contribution in [0.15, 0.2) is 36.4 Å². The molecule has 0 bridgehead atoms. The van der Waals surface area contributed by atoms with Crippen LogP contribution in [0.2, 0.25) is 0 Å². The van der Waals surface area contributed by atoms with E-state index in [4.69, 9.17) is 5.73 Å². The van der Waals surface area contributed by atoms with E-state index >= 15 is 0 Å². The van der Waals surface area contributed by atoms with Crippen LogP contribution in [-0.4, -0.2) is 38.6 Å². The first kappa shape index (κ1) is 20.6. The van der Waals surface area contributed by atoms with Gasteiger partial charge in [0.25, 0.3) is 5.91 Å². The quantitative estimate of drug-likeness (QED) is 0.511. The predicted octanol–water partition coefficient (Wildman–Crippen LogP) is 4.01. The summed E-state index contributed by atoms with van der Waals surface area (Å²) in [6.45, 7) is 0.620. The van der Waals surface area contributed by atoms with E-state index in [1.54, 1.807) is 18.0 Å². The monoisotopic (exact) mass is 412 g/mol. The fourth-order valence-electron chi connectivity index (χ4n) is 3.14. The Morgan fingerprint density at radius 1 is 1.24 bits per heavy atom. The zero-order valence-corrected chi connectivity index (χ0v) is 15.5. The van der Waals surface area contributed by atoms with Gasteiger partial charge in [-0.15, -0.1) is 13.2 Å². The average Bonchev–Trinajstić information content (AvgIpc) is 3.08. The van der Waals surface area contributed by atoms with Crippen LogP contribution in [-0.2, 0) is 0 Å². The number of nitrogens with one attached hydrogen (secondary N) is 2. The summed E-state index contributed by atoms with van der Waals surface area (Å²) in [5.74, 6) is -0.911. The van der Waals surface area contributed by atoms with E-state index in [0.717, 1.165) is 12.1 Å². The normalized spacial score (nSPS) is 16.6. The number of nitrogens with two attached hydrogens (primary N) is 1. The third-order valence-electron chi connectivity index (χ3n) is 4.50. The highest BCUT2D eigenvalue weighted by molar-refractivity contribution is 6.09. The highest BCUT2D eigenvalue weighted by Crippen LogP contribution is 2.33. The maximum atomic E-state index is 13.7. The molecule has 0 spiro atoms. The van der Waals surface area contributed by atoms with Gasteiger partial charge in [0.1, 0.15) is 11.9 Å². The Balaban J connectivity index is 1.83. The zero-order valence-electron chi connectivity index (χ0n) is 15.5. The Hall–Kier alpha value is -3.17. The number of halogens is 4. The van der Waals surface area contributed by atoms with Crippen molar-refractivity contribution in [3.8, 4) is 5.75 Å². The number of anilines is 4. The Morgan fingerprint density at radius 2 is 1.93 bits per heavy atom. The van der Waals surface area contributed by atoms with Crippen molar-refractivity contribution in [3.05, 3.63) is 42.0 Å². The van der Waals surface area contributed by atoms with E-state index in [9.17, 15) is 22.4 Å². The number of carbonyl (C=O) groups is 1. The molecular weight excluding hydrogens is 392 g/mol. The first-order chi connectivity index (χ1) is 13.7. The van der Waals surface area contributed by atoms with Gasteiger partial charge in [-0.05, 0) is 42.8 Å². The van der Waals surface area contributed by atoms with E-state index in [0.29, 0.717) is 30.0 Å². The molecule has 1 fully saturated rings. The summed E-state index contributed by atoms with van der Waals surface area (Å²) in [7, 11) is 1.68. The van der Waals surface area contributed by atoms with Crippen molar-refractivity contribution in [3.63, 3.8) is 0 Å². The van der Waals surface area contributed by atoms with Crippen LogP contribution in [0, 0.1) is 0 Å². The zero-order chi connectivity index (χ0) is 21.2. The molecule has 4 N–H and O–H groups in total. The molecule has 1 amide bonds. The van der Waals surface area contributed by atoms with Gasteiger partial charge in [0.05, 0.1) is 22.6 Å². The van der Waals surface area contributed by atoms with Gasteiger partial charge >= 0.3 is 6.36 Å². The standard InChI is InChI=1S/C19H20F4N4O2/c1-25-16-9-17(27-7-6-11(20)10-27)14(8-15(16)24)18(28)26-12-2-4-13(5-3-12)29-19(21,22)23/h2-5,8-9,11,25H,6-7,10,24H2,1H3,(H,26,28)/t11-/m0/s1. The minimum Gasteiger partial charge on any atom is -0.406 e. The maximum absolute atomic E-state index is 13.7. The van der Waals surface area contributed by atoms with Crippen LogP contribution in [0.4, 0.5) is 40.3 Å². The highest BCUT2D eigenvalue weighted by atomic mass is 19.4. The highest BCUT2D eigenvalue weighted by Gasteiger charge is 2.31. The first-order valence-corrected chi connectivity index (χ1v) is 8.83. The van der Waals surface area contributed by atoms with Gasteiger partial charge in [-0.1, -0.05) is 0 Å². The number of nitrogens with zero attached hydrogens (tertiary/aromatic N) is 1. The lowest BCUT2D eigenvalue weighted by Crippen LogP contribution is -2.24. The van der Waals surface area contributed by atoms with E-state index in [2.05, 4.69) is 15.4 Å². The van der Waals surface area contributed by atoms with Crippen molar-refractivity contribution in [1.82, 2.24) is 0 Å². The second kappa shape index (κ2) is 8.06. The van der Waals surface area contributed by atoms with E-state index in [-0.39, 0.29) is 17.8 Å². The van der Waals surface area contributed by atoms with Gasteiger partial charge in [-0.3, -0.25) is 4.79 Å². The smallest absolute Gasteiger partial charge is 0.406 e. The molecule has 29 heavy (non-hydrogen) atoms. The molecular formula is C19H20F4N4O2. The minimum atomic E-state index is -4.80. The number of amides is 1. The third kappa shape index (κ3) is 5.01. The molecule has 1 aliphatic rings. The van der Waals surface area contributed by atoms with Gasteiger partial charge in [0.15, 0.2) is 0 Å². The number of nitrogen functional groups attached to an aromatic ring is 1. The lowest BCUT2D eigenvalue weighted by molar-refractivity contribution is -0.274. The molecule has 3 rings (SSSR count). The van der Waals surface area contributed by atoms with Crippen LogP contribution >= 0.6 is 0 Å². The number of ether oxygens (including phenoxy) is 1. The number of benzene rings is 2. The summed E-state index contributed by atoms with van der Waals surface area (Å²) in [5.41, 5.74) is 7.96. The molecule has 2 aromatic carbocycles. The summed E-state index contributed by atoms with van der Waals surface area (Å²) < 4.78 is 54.2. The summed E-state index contributed by atoms with van der Waals surface area (Å²) >= 11 is 0. The van der Waals surface area contributed by atoms with Crippen LogP contribution in [0.25, 0.3) is 0 Å². The van der Waals surface area contributed by atoms with E-state index < -0.39 is 24.2 Å². The molecule has 1 heterocycles. The van der Waals surface area contributed by atoms with Crippen molar-refractivity contribution in [2.75, 3.05) is 41.4 Å². The van der Waals surface area contributed by atoms with Crippen LogP contribution in [0.3, 0.4) is 0 Å². The molecule has 1 saturated heterocycles. The molecule has 0 unspecified atom stereocenters. The number of hydrogen-bond donors (Lipinski definition) is 3. The van der Waals surface area contributed by atoms with Crippen molar-refractivity contribution in [2.45, 2.75) is 19.0 Å². The molecule has 6 nitrogen and oxygen atoms in total. The Morgan fingerprint density at radius 3 is 2.48 bits per heavy atom. The lowest BCUT2D eigenvalue weighted by atomic mass is 10.1. The average molecular weight is 412 g/mol. The number of rotatable bonds is 5. The van der Waals surface area contributed by atoms with Crippen molar-refractivity contribution >= 4 is 28.7 Å². The Bertz CT molecular complexity index is 887. The van der Waals surface area contributed by atoms with E-state index in [1.165, 1.54) is 18.2 Å². The topological polar surface area (TPSA) is 79.6 Å². The van der Waals surface area contributed by atoms with Gasteiger partial charge in [-0.25, -0.2) is 4.39 Å². The Labute approximate surface area is 164 Å². The van der Waals surface area contributed by atoms with Crippen LogP contribution in [0.5, 0.6) is 5.75 Å². The molecule has 1 aliphatic heterocycles. The van der Waals surface area contributed by atoms with Crippen LogP contribution < -0.4 is 26.0 Å². The van der Waals surface area contributed by atoms with Gasteiger partial charge in [0.2, 0.25) is 0 Å². The predicted molar refractivity (Wildman–Crippen MR) is 103 cm³/mol. The number of carbonyl (C=O) groups excluding carboxylic acids is 1. The summed E-state index contributed by atoms with van der Waals surface area (Å²) in [6.07, 6.45) is -5.42. The fourth-order valence-corrected chi connectivity index (χ4v) is 3.14. The second-order valence-corrected chi connectivity index (χ2v) is 6.56. The SMILES string of the molecule is CNc1cc(N2CC[C@H](F)C2)c(C(=O)Nc2ccc(OC(F)(F)F)cc2)cc1N. The largest absolute Gasteiger partial charge is 0.573 e. The first-order valence-electron chi connectivity index (χ1n) is 8.83. The van der Waals surface area contributed by atoms with Gasteiger partial charge in [0, 0.05) is 25.8 Å². The fraction of sp³-hybridized carbons (Fsp3) is 0.316. The van der Waals surface area contributed by atoms with Crippen molar-refractivity contribution < 1.29 is 27.1 Å². The third-order valence-corrected chi connectivity index (χ3v) is 4.50. The number of hydrogen-bond acceptors (Lipinski definition) is 5. The second-order valence-electron chi connectivity index (χ2n) is 6.56. The lowest BCUT2D eigenvalue weighted by Gasteiger charge is -2.23. The van der Waals surface area contributed by atoms with Crippen molar-refractivity contribution in [2.24, 2.45) is 0 Å². The number of alkyl halides is 4. The molecule has 1 atom stereocenters. The van der Waals surface area contributed by atoms with Crippen LogP contribution in [0.1, 0.15) is 16.8 Å². The maximum Gasteiger partial charge on any atom is 0.573 e. The molecule has 0 saturated carbocycles. The van der Waals surface area contributed by atoms with Gasteiger partial charge < -0.3 is 26.0 Å². The molecule has 10 heteroatoms.